The molecule has 1 unspecified atom stereocenters. The summed E-state index contributed by atoms with van der Waals surface area (Å²) in [6.07, 6.45) is 3.33. The number of nitrogens with zero attached hydrogens (tertiary/aromatic N) is 1. The van der Waals surface area contributed by atoms with Gasteiger partial charge in [-0.3, -0.25) is 9.59 Å². The van der Waals surface area contributed by atoms with Crippen molar-refractivity contribution in [3.63, 3.8) is 0 Å². The fourth-order valence-corrected chi connectivity index (χ4v) is 2.49. The minimum Gasteiger partial charge on any atom is -0.508 e. The van der Waals surface area contributed by atoms with Crippen LogP contribution >= 0.6 is 0 Å². The summed E-state index contributed by atoms with van der Waals surface area (Å²) in [4.78, 5) is 24.0. The van der Waals surface area contributed by atoms with Crippen LogP contribution in [0.5, 0.6) is 5.75 Å². The van der Waals surface area contributed by atoms with Gasteiger partial charge >= 0.3 is 5.97 Å². The number of ether oxygens (including phenoxy) is 1. The van der Waals surface area contributed by atoms with Gasteiger partial charge in [0.15, 0.2) is 0 Å². The highest BCUT2D eigenvalue weighted by molar-refractivity contribution is 5.92. The number of hydrogen-bond donors (Lipinski definition) is 2. The Kier molecular flexibility index (Phi) is 7.15. The summed E-state index contributed by atoms with van der Waals surface area (Å²) in [5.74, 6) is -1.17. The van der Waals surface area contributed by atoms with Crippen molar-refractivity contribution in [3.8, 4) is 11.8 Å². The number of rotatable bonds is 7. The largest absolute Gasteiger partial charge is 0.508 e. The van der Waals surface area contributed by atoms with E-state index < -0.39 is 11.9 Å². The number of nitrogens with one attached hydrogen (secondary N) is 1. The Hall–Kier alpha value is -3.59. The van der Waals surface area contributed by atoms with E-state index in [1.165, 1.54) is 13.2 Å². The summed E-state index contributed by atoms with van der Waals surface area (Å²) in [6, 6.07) is 15.4. The second-order valence-electron chi connectivity index (χ2n) is 5.91. The van der Waals surface area contributed by atoms with Crippen LogP contribution in [-0.2, 0) is 20.7 Å². The van der Waals surface area contributed by atoms with Gasteiger partial charge in [-0.2, -0.15) is 5.26 Å². The highest BCUT2D eigenvalue weighted by atomic mass is 16.5. The zero-order valence-corrected chi connectivity index (χ0v) is 14.9. The minimum atomic E-state index is -0.543. The van der Waals surface area contributed by atoms with Gasteiger partial charge in [0.2, 0.25) is 5.91 Å². The molecule has 27 heavy (non-hydrogen) atoms. The summed E-state index contributed by atoms with van der Waals surface area (Å²) >= 11 is 0. The van der Waals surface area contributed by atoms with Gasteiger partial charge in [-0.05, 0) is 47.9 Å². The van der Waals surface area contributed by atoms with E-state index in [1.54, 1.807) is 54.6 Å². The number of phenolic OH excluding ortho intramolecular Hbond substituents is 1. The molecule has 0 aromatic heterocycles. The average Bonchev–Trinajstić information content (AvgIpc) is 2.70. The van der Waals surface area contributed by atoms with Crippen molar-refractivity contribution in [2.45, 2.75) is 6.42 Å². The summed E-state index contributed by atoms with van der Waals surface area (Å²) in [5, 5.41) is 20.9. The zero-order chi connectivity index (χ0) is 19.6. The predicted molar refractivity (Wildman–Crippen MR) is 101 cm³/mol. The maximum Gasteiger partial charge on any atom is 0.310 e. The minimum absolute atomic E-state index is 0.120. The third-order valence-corrected chi connectivity index (χ3v) is 3.92. The number of amides is 1. The van der Waals surface area contributed by atoms with Gasteiger partial charge < -0.3 is 15.2 Å². The molecule has 2 aromatic rings. The lowest BCUT2D eigenvalue weighted by Crippen LogP contribution is -2.33. The van der Waals surface area contributed by atoms with Crippen LogP contribution in [0.3, 0.4) is 0 Å². The number of methoxy groups -OCH3 is 1. The molecule has 0 aliphatic carbocycles. The number of aromatic hydroxyl groups is 1. The van der Waals surface area contributed by atoms with Gasteiger partial charge in [0.1, 0.15) is 5.75 Å². The maximum atomic E-state index is 12.0. The number of carbonyl (C=O) groups excluding carboxylic acids is 2. The van der Waals surface area contributed by atoms with Crippen LogP contribution in [0, 0.1) is 17.2 Å². The third-order valence-electron chi connectivity index (χ3n) is 3.92. The second-order valence-corrected chi connectivity index (χ2v) is 5.91. The number of carbonyl (C=O) groups is 2. The number of phenols is 1. The maximum absolute atomic E-state index is 12.0. The van der Waals surface area contributed by atoms with Gasteiger partial charge in [0, 0.05) is 12.6 Å². The van der Waals surface area contributed by atoms with Crippen LogP contribution in [-0.4, -0.2) is 30.6 Å². The van der Waals surface area contributed by atoms with Crippen LogP contribution in [0.25, 0.3) is 6.08 Å². The lowest BCUT2D eigenvalue weighted by Gasteiger charge is -2.15. The van der Waals surface area contributed by atoms with E-state index in [9.17, 15) is 14.7 Å². The van der Waals surface area contributed by atoms with E-state index in [0.717, 1.165) is 11.1 Å². The smallest absolute Gasteiger partial charge is 0.310 e. The zero-order valence-electron chi connectivity index (χ0n) is 14.9. The molecule has 0 aliphatic heterocycles. The molecule has 1 amide bonds. The third kappa shape index (κ3) is 6.33. The van der Waals surface area contributed by atoms with Crippen LogP contribution < -0.4 is 5.32 Å². The van der Waals surface area contributed by atoms with Crippen LogP contribution in [0.15, 0.2) is 54.6 Å². The number of esters is 1. The Morgan fingerprint density at radius 3 is 2.67 bits per heavy atom. The first-order valence-electron chi connectivity index (χ1n) is 8.33. The van der Waals surface area contributed by atoms with E-state index in [1.807, 2.05) is 6.07 Å². The molecule has 0 saturated heterocycles. The second kappa shape index (κ2) is 9.78. The highest BCUT2D eigenvalue weighted by Crippen LogP contribution is 2.14. The van der Waals surface area contributed by atoms with Crippen molar-refractivity contribution in [2.24, 2.45) is 5.92 Å². The van der Waals surface area contributed by atoms with Gasteiger partial charge in [-0.25, -0.2) is 0 Å². The van der Waals surface area contributed by atoms with Crippen molar-refractivity contribution in [2.75, 3.05) is 13.7 Å². The van der Waals surface area contributed by atoms with Gasteiger partial charge in [0.05, 0.1) is 24.7 Å². The fraction of sp³-hybridized carbons (Fsp3) is 0.190. The summed E-state index contributed by atoms with van der Waals surface area (Å²) in [6.45, 7) is 0.120. The topological polar surface area (TPSA) is 99.4 Å². The number of nitriles is 1. The standard InChI is InChI=1S/C21H20N2O4/c1-27-21(26)18(12-16-5-8-19(24)9-6-16)14-23-20(25)10-7-15-3-2-4-17(11-15)13-22/h2-11,18,24H,12,14H2,1H3,(H,23,25)/b10-7+. The summed E-state index contributed by atoms with van der Waals surface area (Å²) in [7, 11) is 1.30. The van der Waals surface area contributed by atoms with E-state index in [0.29, 0.717) is 12.0 Å². The molecule has 0 aliphatic rings. The van der Waals surface area contributed by atoms with Crippen LogP contribution in [0.4, 0.5) is 0 Å². The molecule has 6 heteroatoms. The number of hydrogen-bond acceptors (Lipinski definition) is 5. The molecule has 0 heterocycles. The molecule has 0 spiro atoms. The SMILES string of the molecule is COC(=O)C(CNC(=O)/C=C/c1cccc(C#N)c1)Cc1ccc(O)cc1. The van der Waals surface area contributed by atoms with Gasteiger partial charge in [-0.1, -0.05) is 24.3 Å². The molecule has 2 N–H and O–H groups in total. The van der Waals surface area contributed by atoms with Crippen molar-refractivity contribution in [3.05, 3.63) is 71.3 Å². The molecule has 6 nitrogen and oxygen atoms in total. The molecule has 0 fully saturated rings. The molecule has 0 saturated carbocycles. The molecule has 0 bridgehead atoms. The lowest BCUT2D eigenvalue weighted by atomic mass is 9.99. The first kappa shape index (κ1) is 19.7. The quantitative estimate of drug-likeness (QED) is 0.581. The van der Waals surface area contributed by atoms with Crippen LogP contribution in [0.2, 0.25) is 0 Å². The summed E-state index contributed by atoms with van der Waals surface area (Å²) < 4.78 is 4.81. The van der Waals surface area contributed by atoms with Crippen molar-refractivity contribution < 1.29 is 19.4 Å². The summed E-state index contributed by atoms with van der Waals surface area (Å²) in [5.41, 5.74) is 2.09. The first-order chi connectivity index (χ1) is 13.0. The molecule has 1 atom stereocenters. The fourth-order valence-electron chi connectivity index (χ4n) is 2.49. The average molecular weight is 364 g/mol. The van der Waals surface area contributed by atoms with Gasteiger partial charge in [-0.15, -0.1) is 0 Å². The Labute approximate surface area is 157 Å². The van der Waals surface area contributed by atoms with E-state index in [4.69, 9.17) is 10.00 Å². The molecular formula is C21H20N2O4. The van der Waals surface area contributed by atoms with Crippen molar-refractivity contribution in [1.29, 1.82) is 5.26 Å². The van der Waals surface area contributed by atoms with Gasteiger partial charge in [0.25, 0.3) is 0 Å². The van der Waals surface area contributed by atoms with Crippen molar-refractivity contribution >= 4 is 18.0 Å². The molecule has 138 valence electrons. The van der Waals surface area contributed by atoms with E-state index in [2.05, 4.69) is 5.32 Å². The Morgan fingerprint density at radius 2 is 2.00 bits per heavy atom. The van der Waals surface area contributed by atoms with Crippen molar-refractivity contribution in [1.82, 2.24) is 5.32 Å². The Morgan fingerprint density at radius 1 is 1.26 bits per heavy atom. The number of benzene rings is 2. The molecular weight excluding hydrogens is 344 g/mol. The normalized spacial score (nSPS) is 11.6. The Bertz CT molecular complexity index is 866. The monoisotopic (exact) mass is 364 g/mol. The first-order valence-corrected chi connectivity index (χ1v) is 8.33. The van der Waals surface area contributed by atoms with Crippen LogP contribution in [0.1, 0.15) is 16.7 Å². The molecule has 0 radical (unpaired) electrons. The lowest BCUT2D eigenvalue weighted by molar-refractivity contribution is -0.145. The van der Waals surface area contributed by atoms with E-state index >= 15 is 0 Å². The molecule has 2 aromatic carbocycles. The highest BCUT2D eigenvalue weighted by Gasteiger charge is 2.20. The molecule has 2 rings (SSSR count). The Balaban J connectivity index is 1.96. The van der Waals surface area contributed by atoms with E-state index in [-0.39, 0.29) is 18.2 Å². The predicted octanol–water partition coefficient (Wildman–Crippen LogP) is 2.43.